The summed E-state index contributed by atoms with van der Waals surface area (Å²) in [5.41, 5.74) is 7.10. The Morgan fingerprint density at radius 2 is 2.05 bits per heavy atom. The number of hydrogen-bond donors (Lipinski definition) is 1. The van der Waals surface area contributed by atoms with Crippen LogP contribution in [0.1, 0.15) is 31.5 Å². The van der Waals surface area contributed by atoms with E-state index in [1.807, 2.05) is 38.1 Å². The number of hydrogen-bond acceptors (Lipinski definition) is 3. The van der Waals surface area contributed by atoms with Gasteiger partial charge in [-0.15, -0.1) is 0 Å². The summed E-state index contributed by atoms with van der Waals surface area (Å²) < 4.78 is 8.52. The number of imidazole rings is 1. The lowest BCUT2D eigenvalue weighted by molar-refractivity contribution is 0.413. The first-order chi connectivity index (χ1) is 9.52. The van der Waals surface area contributed by atoms with Gasteiger partial charge in [0.05, 0.1) is 7.11 Å². The molecule has 2 aromatic rings. The Labute approximate surface area is 118 Å². The van der Waals surface area contributed by atoms with Crippen LogP contribution in [0, 0.1) is 0 Å². The van der Waals surface area contributed by atoms with Gasteiger partial charge in [-0.05, 0) is 31.5 Å². The molecule has 0 radical (unpaired) electrons. The second-order valence-corrected chi connectivity index (χ2v) is 5.12. The normalized spacial score (nSPS) is 12.7. The van der Waals surface area contributed by atoms with Crippen molar-refractivity contribution < 1.29 is 4.74 Å². The highest BCUT2D eigenvalue weighted by Crippen LogP contribution is 2.18. The molecule has 0 aliphatic carbocycles. The number of rotatable bonds is 5. The Morgan fingerprint density at radius 1 is 1.30 bits per heavy atom. The highest BCUT2D eigenvalue weighted by atomic mass is 16.5. The van der Waals surface area contributed by atoms with Crippen LogP contribution in [-0.4, -0.2) is 16.2 Å². The van der Waals surface area contributed by atoms with Crippen molar-refractivity contribution in [3.05, 3.63) is 52.7 Å². The molecule has 0 aliphatic heterocycles. The van der Waals surface area contributed by atoms with Crippen LogP contribution < -0.4 is 16.2 Å². The minimum absolute atomic E-state index is 0.0293. The van der Waals surface area contributed by atoms with Crippen LogP contribution in [-0.2, 0) is 6.54 Å². The van der Waals surface area contributed by atoms with E-state index in [9.17, 15) is 4.79 Å². The number of ether oxygens (including phenoxy) is 1. The van der Waals surface area contributed by atoms with Gasteiger partial charge in [0, 0.05) is 31.0 Å². The molecule has 0 saturated carbocycles. The van der Waals surface area contributed by atoms with Gasteiger partial charge in [0.25, 0.3) is 0 Å². The largest absolute Gasteiger partial charge is 0.497 e. The summed E-state index contributed by atoms with van der Waals surface area (Å²) in [4.78, 5) is 12.1. The van der Waals surface area contributed by atoms with Gasteiger partial charge in [0.2, 0.25) is 0 Å². The molecule has 0 amide bonds. The van der Waals surface area contributed by atoms with E-state index in [4.69, 9.17) is 10.5 Å². The van der Waals surface area contributed by atoms with Crippen molar-refractivity contribution in [2.75, 3.05) is 7.11 Å². The third-order valence-corrected chi connectivity index (χ3v) is 3.35. The fourth-order valence-corrected chi connectivity index (χ4v) is 2.15. The Morgan fingerprint density at radius 3 is 2.65 bits per heavy atom. The SMILES string of the molecule is COc1cccc(C(N)Cn2ccn(C(C)C)c2=O)c1. The quantitative estimate of drug-likeness (QED) is 0.907. The summed E-state index contributed by atoms with van der Waals surface area (Å²) in [6.07, 6.45) is 3.58. The maximum atomic E-state index is 12.1. The van der Waals surface area contributed by atoms with Crippen molar-refractivity contribution in [3.8, 4) is 5.75 Å². The minimum atomic E-state index is -0.245. The maximum absolute atomic E-state index is 12.1. The van der Waals surface area contributed by atoms with Crippen LogP contribution in [0.25, 0.3) is 0 Å². The highest BCUT2D eigenvalue weighted by molar-refractivity contribution is 5.30. The van der Waals surface area contributed by atoms with Gasteiger partial charge in [-0.25, -0.2) is 4.79 Å². The zero-order valence-corrected chi connectivity index (χ0v) is 12.1. The highest BCUT2D eigenvalue weighted by Gasteiger charge is 2.11. The number of nitrogens with zero attached hydrogens (tertiary/aromatic N) is 2. The third kappa shape index (κ3) is 2.93. The second kappa shape index (κ2) is 5.96. The summed E-state index contributed by atoms with van der Waals surface area (Å²) >= 11 is 0. The molecule has 2 N–H and O–H groups in total. The average molecular weight is 275 g/mol. The van der Waals surface area contributed by atoms with E-state index in [1.165, 1.54) is 0 Å². The number of methoxy groups -OCH3 is 1. The van der Waals surface area contributed by atoms with E-state index in [1.54, 1.807) is 28.6 Å². The molecule has 5 nitrogen and oxygen atoms in total. The molecule has 0 spiro atoms. The third-order valence-electron chi connectivity index (χ3n) is 3.35. The predicted molar refractivity (Wildman–Crippen MR) is 79.0 cm³/mol. The van der Waals surface area contributed by atoms with Crippen LogP contribution in [0.2, 0.25) is 0 Å². The smallest absolute Gasteiger partial charge is 0.328 e. The first kappa shape index (κ1) is 14.4. The standard InChI is InChI=1S/C15H21N3O2/c1-11(2)18-8-7-17(15(18)19)10-14(16)12-5-4-6-13(9-12)20-3/h4-9,11,14H,10,16H2,1-3H3. The number of benzene rings is 1. The summed E-state index contributed by atoms with van der Waals surface area (Å²) in [6.45, 7) is 4.41. The molecule has 108 valence electrons. The van der Waals surface area contributed by atoms with E-state index >= 15 is 0 Å². The van der Waals surface area contributed by atoms with E-state index < -0.39 is 0 Å². The summed E-state index contributed by atoms with van der Waals surface area (Å²) in [6, 6.07) is 7.52. The Balaban J connectivity index is 2.19. The molecule has 1 atom stereocenters. The van der Waals surface area contributed by atoms with Gasteiger partial charge in [0.1, 0.15) is 5.75 Å². The molecule has 0 aliphatic rings. The van der Waals surface area contributed by atoms with Crippen molar-refractivity contribution in [1.29, 1.82) is 0 Å². The zero-order chi connectivity index (χ0) is 14.7. The van der Waals surface area contributed by atoms with Gasteiger partial charge >= 0.3 is 5.69 Å². The minimum Gasteiger partial charge on any atom is -0.497 e. The monoisotopic (exact) mass is 275 g/mol. The van der Waals surface area contributed by atoms with Crippen LogP contribution in [0.4, 0.5) is 0 Å². The molecule has 1 unspecified atom stereocenters. The van der Waals surface area contributed by atoms with Crippen LogP contribution >= 0.6 is 0 Å². The molecule has 0 fully saturated rings. The van der Waals surface area contributed by atoms with E-state index in [-0.39, 0.29) is 17.8 Å². The molecule has 1 aromatic carbocycles. The van der Waals surface area contributed by atoms with Gasteiger partial charge in [-0.1, -0.05) is 12.1 Å². The molecule has 1 heterocycles. The molecule has 20 heavy (non-hydrogen) atoms. The van der Waals surface area contributed by atoms with Crippen LogP contribution in [0.5, 0.6) is 5.75 Å². The molecule has 2 rings (SSSR count). The lowest BCUT2D eigenvalue weighted by atomic mass is 10.1. The molecular weight excluding hydrogens is 254 g/mol. The Hall–Kier alpha value is -2.01. The zero-order valence-electron chi connectivity index (χ0n) is 12.1. The van der Waals surface area contributed by atoms with Crippen LogP contribution in [0.3, 0.4) is 0 Å². The van der Waals surface area contributed by atoms with Crippen molar-refractivity contribution in [2.24, 2.45) is 5.73 Å². The fraction of sp³-hybridized carbons (Fsp3) is 0.400. The lowest BCUT2D eigenvalue weighted by Gasteiger charge is -2.13. The van der Waals surface area contributed by atoms with Crippen LogP contribution in [0.15, 0.2) is 41.5 Å². The summed E-state index contributed by atoms with van der Waals surface area (Å²) in [5, 5.41) is 0. The van der Waals surface area contributed by atoms with E-state index in [2.05, 4.69) is 0 Å². The van der Waals surface area contributed by atoms with Gasteiger partial charge in [-0.2, -0.15) is 0 Å². The Kier molecular flexibility index (Phi) is 4.29. The number of nitrogens with two attached hydrogens (primary N) is 1. The number of aromatic nitrogens is 2. The predicted octanol–water partition coefficient (Wildman–Crippen LogP) is 1.94. The molecule has 0 saturated heterocycles. The molecule has 1 aromatic heterocycles. The fourth-order valence-electron chi connectivity index (χ4n) is 2.15. The van der Waals surface area contributed by atoms with E-state index in [0.29, 0.717) is 6.54 Å². The van der Waals surface area contributed by atoms with E-state index in [0.717, 1.165) is 11.3 Å². The summed E-state index contributed by atoms with van der Waals surface area (Å²) in [7, 11) is 1.62. The van der Waals surface area contributed by atoms with Crippen molar-refractivity contribution in [1.82, 2.24) is 9.13 Å². The Bertz CT molecular complexity index is 628. The summed E-state index contributed by atoms with van der Waals surface area (Å²) in [5.74, 6) is 0.769. The lowest BCUT2D eigenvalue weighted by Crippen LogP contribution is -2.29. The first-order valence-corrected chi connectivity index (χ1v) is 6.69. The van der Waals surface area contributed by atoms with Crippen molar-refractivity contribution >= 4 is 0 Å². The molecule has 5 heteroatoms. The molecule has 0 bridgehead atoms. The maximum Gasteiger partial charge on any atom is 0.328 e. The van der Waals surface area contributed by atoms with Gasteiger partial charge < -0.3 is 10.5 Å². The topological polar surface area (TPSA) is 62.2 Å². The second-order valence-electron chi connectivity index (χ2n) is 5.12. The average Bonchev–Trinajstić information content (AvgIpc) is 2.80. The van der Waals surface area contributed by atoms with Crippen molar-refractivity contribution in [2.45, 2.75) is 32.5 Å². The van der Waals surface area contributed by atoms with Crippen molar-refractivity contribution in [3.63, 3.8) is 0 Å². The first-order valence-electron chi connectivity index (χ1n) is 6.69. The van der Waals surface area contributed by atoms with Gasteiger partial charge in [-0.3, -0.25) is 9.13 Å². The van der Waals surface area contributed by atoms with Gasteiger partial charge in [0.15, 0.2) is 0 Å². The molecular formula is C15H21N3O2.